The first kappa shape index (κ1) is 16.3. The summed E-state index contributed by atoms with van der Waals surface area (Å²) < 4.78 is 4.82. The zero-order valence-corrected chi connectivity index (χ0v) is 10.3. The molecule has 0 aliphatic rings. The SMILES string of the molecule is COCCCC(N)C(=O)NCC(=O)NCC(=O)O. The van der Waals surface area contributed by atoms with Gasteiger partial charge in [0.15, 0.2) is 0 Å². The van der Waals surface area contributed by atoms with Crippen LogP contribution in [0.4, 0.5) is 0 Å². The fourth-order valence-corrected chi connectivity index (χ4v) is 1.11. The first-order chi connectivity index (χ1) is 8.47. The number of amides is 2. The largest absolute Gasteiger partial charge is 0.480 e. The predicted molar refractivity (Wildman–Crippen MR) is 62.7 cm³/mol. The van der Waals surface area contributed by atoms with Gasteiger partial charge in [0.1, 0.15) is 6.54 Å². The van der Waals surface area contributed by atoms with Crippen LogP contribution in [0.5, 0.6) is 0 Å². The number of carboxylic acid groups (broad SMARTS) is 1. The number of hydrogen-bond acceptors (Lipinski definition) is 5. The van der Waals surface area contributed by atoms with E-state index in [-0.39, 0.29) is 6.54 Å². The van der Waals surface area contributed by atoms with Crippen molar-refractivity contribution in [3.63, 3.8) is 0 Å². The van der Waals surface area contributed by atoms with Crippen LogP contribution in [0.25, 0.3) is 0 Å². The first-order valence-electron chi connectivity index (χ1n) is 5.48. The summed E-state index contributed by atoms with van der Waals surface area (Å²) in [5.74, 6) is -2.17. The summed E-state index contributed by atoms with van der Waals surface area (Å²) in [5.41, 5.74) is 5.57. The summed E-state index contributed by atoms with van der Waals surface area (Å²) in [6.07, 6.45) is 1.10. The number of methoxy groups -OCH3 is 1. The molecule has 0 aromatic carbocycles. The minimum Gasteiger partial charge on any atom is -0.480 e. The third-order valence-corrected chi connectivity index (χ3v) is 2.06. The van der Waals surface area contributed by atoms with E-state index in [4.69, 9.17) is 15.6 Å². The molecule has 0 saturated carbocycles. The van der Waals surface area contributed by atoms with Crippen LogP contribution in [0.3, 0.4) is 0 Å². The Labute approximate surface area is 105 Å². The second-order valence-corrected chi connectivity index (χ2v) is 3.63. The van der Waals surface area contributed by atoms with Crippen molar-refractivity contribution in [2.75, 3.05) is 26.8 Å². The number of carbonyl (C=O) groups is 3. The molecule has 0 heterocycles. The number of hydrogen-bond donors (Lipinski definition) is 4. The van der Waals surface area contributed by atoms with Crippen molar-refractivity contribution in [1.29, 1.82) is 0 Å². The van der Waals surface area contributed by atoms with Gasteiger partial charge in [-0.15, -0.1) is 0 Å². The lowest BCUT2D eigenvalue weighted by molar-refractivity contribution is -0.137. The molecule has 0 bridgehead atoms. The lowest BCUT2D eigenvalue weighted by Crippen LogP contribution is -2.45. The number of nitrogens with one attached hydrogen (secondary N) is 2. The molecule has 0 rings (SSSR count). The van der Waals surface area contributed by atoms with E-state index < -0.39 is 30.4 Å². The molecule has 5 N–H and O–H groups in total. The molecule has 18 heavy (non-hydrogen) atoms. The smallest absolute Gasteiger partial charge is 0.322 e. The summed E-state index contributed by atoms with van der Waals surface area (Å²) in [6.45, 7) is -0.251. The lowest BCUT2D eigenvalue weighted by atomic mass is 10.1. The molecule has 0 radical (unpaired) electrons. The van der Waals surface area contributed by atoms with Gasteiger partial charge in [0, 0.05) is 13.7 Å². The average Bonchev–Trinajstić information content (AvgIpc) is 2.33. The Morgan fingerprint density at radius 3 is 2.50 bits per heavy atom. The van der Waals surface area contributed by atoms with Gasteiger partial charge in [0.25, 0.3) is 0 Å². The molecule has 0 aliphatic heterocycles. The highest BCUT2D eigenvalue weighted by atomic mass is 16.5. The summed E-state index contributed by atoms with van der Waals surface area (Å²) in [7, 11) is 1.55. The van der Waals surface area contributed by atoms with Crippen molar-refractivity contribution in [3.8, 4) is 0 Å². The van der Waals surface area contributed by atoms with Crippen LogP contribution in [-0.2, 0) is 19.1 Å². The monoisotopic (exact) mass is 261 g/mol. The molecule has 0 spiro atoms. The highest BCUT2D eigenvalue weighted by Crippen LogP contribution is 1.94. The second kappa shape index (κ2) is 9.37. The van der Waals surface area contributed by atoms with Crippen LogP contribution in [0, 0.1) is 0 Å². The Balaban J connectivity index is 3.74. The topological polar surface area (TPSA) is 131 Å². The molecule has 0 aromatic heterocycles. The standard InChI is InChI=1S/C10H19N3O5/c1-18-4-2-3-7(11)10(17)13-5-8(14)12-6-9(15)16/h7H,2-6,11H2,1H3,(H,12,14)(H,13,17)(H,15,16). The molecule has 0 aliphatic carbocycles. The van der Waals surface area contributed by atoms with Gasteiger partial charge in [-0.25, -0.2) is 0 Å². The van der Waals surface area contributed by atoms with Gasteiger partial charge in [0.05, 0.1) is 12.6 Å². The van der Waals surface area contributed by atoms with Gasteiger partial charge in [-0.3, -0.25) is 14.4 Å². The van der Waals surface area contributed by atoms with Crippen molar-refractivity contribution < 1.29 is 24.2 Å². The molecule has 0 aromatic rings. The van der Waals surface area contributed by atoms with Crippen LogP contribution in [0.2, 0.25) is 0 Å². The van der Waals surface area contributed by atoms with Gasteiger partial charge >= 0.3 is 5.97 Å². The van der Waals surface area contributed by atoms with Crippen LogP contribution < -0.4 is 16.4 Å². The van der Waals surface area contributed by atoms with E-state index in [1.807, 2.05) is 0 Å². The number of nitrogens with two attached hydrogens (primary N) is 1. The number of ether oxygens (including phenoxy) is 1. The minimum absolute atomic E-state index is 0.288. The van der Waals surface area contributed by atoms with Crippen LogP contribution in [-0.4, -0.2) is 55.7 Å². The predicted octanol–water partition coefficient (Wildman–Crippen LogP) is -1.94. The third kappa shape index (κ3) is 8.48. The molecule has 104 valence electrons. The van der Waals surface area contributed by atoms with E-state index in [1.165, 1.54) is 0 Å². The van der Waals surface area contributed by atoms with Crippen LogP contribution in [0.1, 0.15) is 12.8 Å². The van der Waals surface area contributed by atoms with Gasteiger partial charge in [-0.1, -0.05) is 0 Å². The Morgan fingerprint density at radius 1 is 1.28 bits per heavy atom. The number of carboxylic acids is 1. The van der Waals surface area contributed by atoms with Crippen molar-refractivity contribution in [1.82, 2.24) is 10.6 Å². The van der Waals surface area contributed by atoms with E-state index in [9.17, 15) is 14.4 Å². The van der Waals surface area contributed by atoms with E-state index in [0.29, 0.717) is 19.4 Å². The minimum atomic E-state index is -1.15. The summed E-state index contributed by atoms with van der Waals surface area (Å²) in [6, 6.07) is -0.701. The number of aliphatic carboxylic acids is 1. The maximum absolute atomic E-state index is 11.4. The molecular formula is C10H19N3O5. The van der Waals surface area contributed by atoms with E-state index >= 15 is 0 Å². The highest BCUT2D eigenvalue weighted by Gasteiger charge is 2.14. The molecule has 1 unspecified atom stereocenters. The first-order valence-corrected chi connectivity index (χ1v) is 5.48. The summed E-state index contributed by atoms with van der Waals surface area (Å²) in [4.78, 5) is 32.7. The van der Waals surface area contributed by atoms with Crippen molar-refractivity contribution >= 4 is 17.8 Å². The van der Waals surface area contributed by atoms with Crippen molar-refractivity contribution in [2.45, 2.75) is 18.9 Å². The van der Waals surface area contributed by atoms with E-state index in [0.717, 1.165) is 0 Å². The Bertz CT molecular complexity index is 295. The Kier molecular flexibility index (Phi) is 8.50. The van der Waals surface area contributed by atoms with Crippen LogP contribution in [0.15, 0.2) is 0 Å². The van der Waals surface area contributed by atoms with Gasteiger partial charge < -0.3 is 26.2 Å². The molecule has 1 atom stereocenters. The van der Waals surface area contributed by atoms with Crippen molar-refractivity contribution in [2.24, 2.45) is 5.73 Å². The Morgan fingerprint density at radius 2 is 1.94 bits per heavy atom. The summed E-state index contributed by atoms with van der Waals surface area (Å²) in [5, 5.41) is 12.8. The van der Waals surface area contributed by atoms with Gasteiger partial charge in [-0.2, -0.15) is 0 Å². The molecule has 0 saturated heterocycles. The average molecular weight is 261 g/mol. The second-order valence-electron chi connectivity index (χ2n) is 3.63. The van der Waals surface area contributed by atoms with Crippen molar-refractivity contribution in [3.05, 3.63) is 0 Å². The van der Waals surface area contributed by atoms with Crippen LogP contribution >= 0.6 is 0 Å². The summed E-state index contributed by atoms with van der Waals surface area (Å²) >= 11 is 0. The highest BCUT2D eigenvalue weighted by molar-refractivity contribution is 5.88. The fourth-order valence-electron chi connectivity index (χ4n) is 1.11. The van der Waals surface area contributed by atoms with Gasteiger partial charge in [-0.05, 0) is 12.8 Å². The maximum Gasteiger partial charge on any atom is 0.322 e. The molecule has 8 heteroatoms. The zero-order chi connectivity index (χ0) is 14.0. The molecule has 2 amide bonds. The fraction of sp³-hybridized carbons (Fsp3) is 0.700. The zero-order valence-electron chi connectivity index (χ0n) is 10.3. The normalized spacial score (nSPS) is 11.7. The maximum atomic E-state index is 11.4. The van der Waals surface area contributed by atoms with E-state index in [2.05, 4.69) is 10.6 Å². The number of rotatable bonds is 9. The molecular weight excluding hydrogens is 242 g/mol. The lowest BCUT2D eigenvalue weighted by Gasteiger charge is -2.11. The molecule has 8 nitrogen and oxygen atoms in total. The third-order valence-electron chi connectivity index (χ3n) is 2.06. The van der Waals surface area contributed by atoms with Gasteiger partial charge in [0.2, 0.25) is 11.8 Å². The molecule has 0 fully saturated rings. The van der Waals surface area contributed by atoms with E-state index in [1.54, 1.807) is 7.11 Å². The Hall–Kier alpha value is -1.67. The quantitative estimate of drug-likeness (QED) is 0.357. The number of carbonyl (C=O) groups excluding carboxylic acids is 2.